The van der Waals surface area contributed by atoms with Gasteiger partial charge < -0.3 is 10.2 Å². The number of hydrogen-bond donors (Lipinski definition) is 1. The van der Waals surface area contributed by atoms with Gasteiger partial charge in [-0.05, 0) is 12.8 Å². The molecule has 1 heterocycles. The molecule has 4 nitrogen and oxygen atoms in total. The summed E-state index contributed by atoms with van der Waals surface area (Å²) in [5.41, 5.74) is 0. The topological polar surface area (TPSA) is 49.4 Å². The minimum Gasteiger partial charge on any atom is -0.346 e. The highest BCUT2D eigenvalue weighted by atomic mass is 16.2. The molecule has 2 amide bonds. The summed E-state index contributed by atoms with van der Waals surface area (Å²) < 4.78 is 0. The van der Waals surface area contributed by atoms with Crippen molar-refractivity contribution in [1.82, 2.24) is 10.2 Å². The minimum absolute atomic E-state index is 0.322. The van der Waals surface area contributed by atoms with Crippen molar-refractivity contribution in [2.24, 2.45) is 0 Å². The van der Waals surface area contributed by atoms with Gasteiger partial charge >= 0.3 is 11.8 Å². The van der Waals surface area contributed by atoms with Crippen molar-refractivity contribution in [2.75, 3.05) is 13.1 Å². The van der Waals surface area contributed by atoms with Crippen LogP contribution in [0.5, 0.6) is 0 Å². The van der Waals surface area contributed by atoms with Crippen LogP contribution >= 0.6 is 0 Å². The van der Waals surface area contributed by atoms with E-state index in [1.165, 1.54) is 19.3 Å². The monoisotopic (exact) mass is 196 g/mol. The molecule has 0 spiro atoms. The minimum atomic E-state index is -0.429. The molecular formula is C10H16N2O2. The number of rotatable bonds is 1. The van der Waals surface area contributed by atoms with Crippen molar-refractivity contribution >= 4 is 11.8 Å². The normalized spacial score (nSPS) is 25.0. The van der Waals surface area contributed by atoms with Crippen LogP contribution in [0.1, 0.15) is 32.1 Å². The molecule has 2 fully saturated rings. The molecule has 0 atom stereocenters. The average Bonchev–Trinajstić information content (AvgIpc) is 2.23. The maximum absolute atomic E-state index is 11.5. The molecule has 1 saturated carbocycles. The van der Waals surface area contributed by atoms with E-state index in [4.69, 9.17) is 0 Å². The predicted molar refractivity (Wildman–Crippen MR) is 51.6 cm³/mol. The second-order valence-electron chi connectivity index (χ2n) is 4.05. The third-order valence-corrected chi connectivity index (χ3v) is 3.11. The quantitative estimate of drug-likeness (QED) is 0.612. The summed E-state index contributed by atoms with van der Waals surface area (Å²) in [4.78, 5) is 24.4. The highest BCUT2D eigenvalue weighted by molar-refractivity contribution is 6.35. The lowest BCUT2D eigenvalue weighted by atomic mass is 9.94. The van der Waals surface area contributed by atoms with Crippen LogP contribution in [-0.2, 0) is 9.59 Å². The number of carbonyl (C=O) groups is 2. The molecule has 0 radical (unpaired) electrons. The van der Waals surface area contributed by atoms with Gasteiger partial charge in [-0.1, -0.05) is 19.3 Å². The van der Waals surface area contributed by atoms with Crippen LogP contribution < -0.4 is 5.32 Å². The van der Waals surface area contributed by atoms with Crippen LogP contribution in [0.2, 0.25) is 0 Å². The van der Waals surface area contributed by atoms with Crippen molar-refractivity contribution in [1.29, 1.82) is 0 Å². The highest BCUT2D eigenvalue weighted by Crippen LogP contribution is 2.23. The zero-order valence-corrected chi connectivity index (χ0v) is 8.29. The van der Waals surface area contributed by atoms with Gasteiger partial charge in [0.1, 0.15) is 0 Å². The van der Waals surface area contributed by atoms with Gasteiger partial charge in [-0.2, -0.15) is 0 Å². The van der Waals surface area contributed by atoms with E-state index >= 15 is 0 Å². The van der Waals surface area contributed by atoms with E-state index < -0.39 is 5.91 Å². The predicted octanol–water partition coefficient (Wildman–Crippen LogP) is 0.277. The smallest absolute Gasteiger partial charge is 0.312 e. The fourth-order valence-corrected chi connectivity index (χ4v) is 2.34. The highest BCUT2D eigenvalue weighted by Gasteiger charge is 2.31. The molecule has 2 aliphatic rings. The molecule has 4 heteroatoms. The second-order valence-corrected chi connectivity index (χ2v) is 4.05. The lowest BCUT2D eigenvalue weighted by molar-refractivity contribution is -0.150. The van der Waals surface area contributed by atoms with Gasteiger partial charge in [0.15, 0.2) is 0 Å². The maximum atomic E-state index is 11.5. The Labute approximate surface area is 83.6 Å². The van der Waals surface area contributed by atoms with Gasteiger partial charge in [0.2, 0.25) is 0 Å². The lowest BCUT2D eigenvalue weighted by Gasteiger charge is -2.36. The largest absolute Gasteiger partial charge is 0.346 e. The van der Waals surface area contributed by atoms with E-state index in [9.17, 15) is 9.59 Å². The van der Waals surface area contributed by atoms with Gasteiger partial charge in [-0.3, -0.25) is 9.59 Å². The molecule has 1 aliphatic heterocycles. The molecular weight excluding hydrogens is 180 g/mol. The van der Waals surface area contributed by atoms with E-state index in [-0.39, 0.29) is 5.91 Å². The van der Waals surface area contributed by atoms with Crippen LogP contribution in [0.25, 0.3) is 0 Å². The van der Waals surface area contributed by atoms with Gasteiger partial charge in [-0.25, -0.2) is 0 Å². The van der Waals surface area contributed by atoms with E-state index in [1.54, 1.807) is 4.90 Å². The Bertz CT molecular complexity index is 247. The molecule has 1 saturated heterocycles. The van der Waals surface area contributed by atoms with Crippen molar-refractivity contribution in [3.63, 3.8) is 0 Å². The summed E-state index contributed by atoms with van der Waals surface area (Å²) in [7, 11) is 0. The molecule has 1 N–H and O–H groups in total. The first-order valence-corrected chi connectivity index (χ1v) is 5.38. The second kappa shape index (κ2) is 3.98. The zero-order valence-electron chi connectivity index (χ0n) is 8.29. The SMILES string of the molecule is O=C1NCCN(C2CCCCC2)C1=O. The molecule has 14 heavy (non-hydrogen) atoms. The number of nitrogens with one attached hydrogen (secondary N) is 1. The number of nitrogens with zero attached hydrogens (tertiary/aromatic N) is 1. The Hall–Kier alpha value is -1.06. The third-order valence-electron chi connectivity index (χ3n) is 3.11. The molecule has 0 aromatic rings. The Morgan fingerprint density at radius 3 is 2.57 bits per heavy atom. The van der Waals surface area contributed by atoms with Gasteiger partial charge in [0.05, 0.1) is 0 Å². The van der Waals surface area contributed by atoms with Crippen molar-refractivity contribution in [3.8, 4) is 0 Å². The summed E-state index contributed by atoms with van der Waals surface area (Å²) in [5.74, 6) is -0.759. The van der Waals surface area contributed by atoms with E-state index in [2.05, 4.69) is 5.32 Å². The van der Waals surface area contributed by atoms with Crippen LogP contribution in [0, 0.1) is 0 Å². The molecule has 0 aromatic heterocycles. The molecule has 0 aromatic carbocycles. The van der Waals surface area contributed by atoms with Crippen molar-refractivity contribution in [3.05, 3.63) is 0 Å². The lowest BCUT2D eigenvalue weighted by Crippen LogP contribution is -2.56. The van der Waals surface area contributed by atoms with E-state index in [1.807, 2.05) is 0 Å². The summed E-state index contributed by atoms with van der Waals surface area (Å²) >= 11 is 0. The maximum Gasteiger partial charge on any atom is 0.312 e. The average molecular weight is 196 g/mol. The van der Waals surface area contributed by atoms with Crippen molar-refractivity contribution < 1.29 is 9.59 Å². The van der Waals surface area contributed by atoms with Gasteiger partial charge in [0.25, 0.3) is 0 Å². The number of amides is 2. The first-order valence-electron chi connectivity index (χ1n) is 5.38. The molecule has 1 aliphatic carbocycles. The molecule has 78 valence electrons. The Morgan fingerprint density at radius 2 is 1.86 bits per heavy atom. The van der Waals surface area contributed by atoms with Crippen molar-refractivity contribution in [2.45, 2.75) is 38.1 Å². The van der Waals surface area contributed by atoms with Crippen LogP contribution in [0.15, 0.2) is 0 Å². The molecule has 2 rings (SSSR count). The summed E-state index contributed by atoms with van der Waals surface area (Å²) in [6.45, 7) is 1.30. The van der Waals surface area contributed by atoms with Gasteiger partial charge in [0, 0.05) is 19.1 Å². The summed E-state index contributed by atoms with van der Waals surface area (Å²) in [6.07, 6.45) is 5.79. The van der Waals surface area contributed by atoms with Crippen LogP contribution in [0.3, 0.4) is 0 Å². The van der Waals surface area contributed by atoms with E-state index in [0.717, 1.165) is 12.8 Å². The van der Waals surface area contributed by atoms with E-state index in [0.29, 0.717) is 19.1 Å². The molecule has 0 unspecified atom stereocenters. The third kappa shape index (κ3) is 1.74. The number of hydrogen-bond acceptors (Lipinski definition) is 2. The van der Waals surface area contributed by atoms with Crippen LogP contribution in [-0.4, -0.2) is 35.8 Å². The first kappa shape index (κ1) is 9.49. The Kier molecular flexibility index (Phi) is 2.70. The fraction of sp³-hybridized carbons (Fsp3) is 0.800. The number of carbonyl (C=O) groups excluding carboxylic acids is 2. The fourth-order valence-electron chi connectivity index (χ4n) is 2.34. The number of piperazine rings is 1. The Morgan fingerprint density at radius 1 is 1.14 bits per heavy atom. The van der Waals surface area contributed by atoms with Gasteiger partial charge in [-0.15, -0.1) is 0 Å². The summed E-state index contributed by atoms with van der Waals surface area (Å²) in [5, 5.41) is 2.57. The Balaban J connectivity index is 2.00. The zero-order chi connectivity index (χ0) is 9.97. The standard InChI is InChI=1S/C10H16N2O2/c13-9-10(14)12(7-6-11-9)8-4-2-1-3-5-8/h8H,1-7H2,(H,11,13). The summed E-state index contributed by atoms with van der Waals surface area (Å²) in [6, 6.07) is 0.322. The van der Waals surface area contributed by atoms with Crippen LogP contribution in [0.4, 0.5) is 0 Å². The first-order chi connectivity index (χ1) is 6.79. The molecule has 0 bridgehead atoms.